The van der Waals surface area contributed by atoms with Crippen LogP contribution in [0.5, 0.6) is 0 Å². The molecule has 0 aliphatic carbocycles. The monoisotopic (exact) mass is 741 g/mol. The molecule has 0 radical (unpaired) electrons. The Balaban J connectivity index is 1.04. The Bertz CT molecular complexity index is 2950. The molecule has 9 aromatic carbocycles. The lowest BCUT2D eigenvalue weighted by Gasteiger charge is -2.26. The summed E-state index contributed by atoms with van der Waals surface area (Å²) >= 11 is 0. The van der Waals surface area contributed by atoms with Gasteiger partial charge >= 0.3 is 0 Å². The number of hydrogen-bond donors (Lipinski definition) is 0. The molecule has 0 aliphatic rings. The first-order valence-electron chi connectivity index (χ1n) is 19.7. The molecule has 0 atom stereocenters. The van der Waals surface area contributed by atoms with Crippen LogP contribution in [0.2, 0.25) is 0 Å². The van der Waals surface area contributed by atoms with E-state index in [0.29, 0.717) is 0 Å². The zero-order chi connectivity index (χ0) is 38.7. The third kappa shape index (κ3) is 6.89. The molecule has 1 heterocycles. The standard InChI is InChI=1S/C56H39NO/c1-3-15-40(16-4-1)44-20-13-21-45(37-44)41-29-33-48(34-30-41)57(50-23-14-22-46(38-50)56-39-47-19-7-12-28-55(47)58-56)49-35-31-43(32-36-49)52-25-9-11-27-54(52)53-26-10-8-24-51(53)42-17-5-2-6-18-42/h1-39H. The number of furan rings is 1. The molecule has 2 heteroatoms. The highest BCUT2D eigenvalue weighted by molar-refractivity contribution is 5.92. The fraction of sp³-hybridized carbons (Fsp3) is 0. The van der Waals surface area contributed by atoms with Gasteiger partial charge in [-0.05, 0) is 110 Å². The summed E-state index contributed by atoms with van der Waals surface area (Å²) in [4.78, 5) is 2.33. The molecular formula is C56H39NO. The van der Waals surface area contributed by atoms with Gasteiger partial charge in [-0.3, -0.25) is 0 Å². The number of rotatable bonds is 9. The van der Waals surface area contributed by atoms with Crippen molar-refractivity contribution in [2.75, 3.05) is 4.90 Å². The molecule has 10 rings (SSSR count). The summed E-state index contributed by atoms with van der Waals surface area (Å²) in [5, 5.41) is 1.09. The second-order valence-corrected chi connectivity index (χ2v) is 14.5. The third-order valence-electron chi connectivity index (χ3n) is 10.9. The van der Waals surface area contributed by atoms with Gasteiger partial charge in [-0.25, -0.2) is 0 Å². The Morgan fingerprint density at radius 2 is 0.707 bits per heavy atom. The highest BCUT2D eigenvalue weighted by Crippen LogP contribution is 2.42. The molecule has 0 amide bonds. The van der Waals surface area contributed by atoms with Gasteiger partial charge in [0.05, 0.1) is 0 Å². The van der Waals surface area contributed by atoms with Crippen LogP contribution < -0.4 is 4.90 Å². The van der Waals surface area contributed by atoms with Gasteiger partial charge in [-0.15, -0.1) is 0 Å². The van der Waals surface area contributed by atoms with Gasteiger partial charge in [0.1, 0.15) is 11.3 Å². The maximum atomic E-state index is 6.34. The molecule has 0 fully saturated rings. The van der Waals surface area contributed by atoms with Crippen LogP contribution in [0.1, 0.15) is 0 Å². The normalized spacial score (nSPS) is 11.1. The second-order valence-electron chi connectivity index (χ2n) is 14.5. The lowest BCUT2D eigenvalue weighted by molar-refractivity contribution is 0.631. The van der Waals surface area contributed by atoms with Crippen LogP contribution in [0.25, 0.3) is 77.9 Å². The molecule has 0 spiro atoms. The minimum absolute atomic E-state index is 0.847. The number of benzene rings is 9. The number of nitrogens with zero attached hydrogens (tertiary/aromatic N) is 1. The van der Waals surface area contributed by atoms with Gasteiger partial charge in [-0.2, -0.15) is 0 Å². The number of hydrogen-bond acceptors (Lipinski definition) is 2. The number of fused-ring (bicyclic) bond motifs is 1. The van der Waals surface area contributed by atoms with Gasteiger partial charge in [0.15, 0.2) is 0 Å². The van der Waals surface area contributed by atoms with Crippen LogP contribution in [0.3, 0.4) is 0 Å². The van der Waals surface area contributed by atoms with Crippen LogP contribution in [-0.2, 0) is 0 Å². The van der Waals surface area contributed by atoms with E-state index in [2.05, 4.69) is 223 Å². The first kappa shape index (κ1) is 34.8. The van der Waals surface area contributed by atoms with Gasteiger partial charge in [-0.1, -0.05) is 182 Å². The molecule has 0 aliphatic heterocycles. The van der Waals surface area contributed by atoms with E-state index in [1.165, 1.54) is 50.1 Å². The SMILES string of the molecule is c1ccc(-c2cccc(-c3ccc(N(c4ccc(-c5ccccc5-c5ccccc5-c5ccccc5)cc4)c4cccc(-c5cc6ccccc6o5)c4)cc3)c2)cc1. The van der Waals surface area contributed by atoms with Gasteiger partial charge in [0.25, 0.3) is 0 Å². The fourth-order valence-electron chi connectivity index (χ4n) is 8.03. The molecular weight excluding hydrogens is 703 g/mol. The lowest BCUT2D eigenvalue weighted by Crippen LogP contribution is -2.10. The molecule has 0 bridgehead atoms. The molecule has 58 heavy (non-hydrogen) atoms. The zero-order valence-electron chi connectivity index (χ0n) is 31.9. The summed E-state index contributed by atoms with van der Waals surface area (Å²) in [6.07, 6.45) is 0. The van der Waals surface area contributed by atoms with E-state index in [1.807, 2.05) is 18.2 Å². The van der Waals surface area contributed by atoms with Crippen LogP contribution in [0, 0.1) is 0 Å². The average Bonchev–Trinajstić information content (AvgIpc) is 3.75. The van der Waals surface area contributed by atoms with E-state index in [1.54, 1.807) is 0 Å². The van der Waals surface area contributed by atoms with Crippen molar-refractivity contribution in [3.05, 3.63) is 237 Å². The van der Waals surface area contributed by atoms with E-state index >= 15 is 0 Å². The van der Waals surface area contributed by atoms with Crippen molar-refractivity contribution in [2.24, 2.45) is 0 Å². The molecule has 1 aromatic heterocycles. The third-order valence-corrected chi connectivity index (χ3v) is 10.9. The Morgan fingerprint density at radius 1 is 0.259 bits per heavy atom. The zero-order valence-corrected chi connectivity index (χ0v) is 31.9. The average molecular weight is 742 g/mol. The van der Waals surface area contributed by atoms with E-state index in [9.17, 15) is 0 Å². The highest BCUT2D eigenvalue weighted by atomic mass is 16.3. The molecule has 274 valence electrons. The van der Waals surface area contributed by atoms with Gasteiger partial charge < -0.3 is 9.32 Å². The largest absolute Gasteiger partial charge is 0.456 e. The topological polar surface area (TPSA) is 16.4 Å². The summed E-state index contributed by atoms with van der Waals surface area (Å²) in [6.45, 7) is 0. The van der Waals surface area contributed by atoms with Gasteiger partial charge in [0.2, 0.25) is 0 Å². The fourth-order valence-corrected chi connectivity index (χ4v) is 8.03. The van der Waals surface area contributed by atoms with Gasteiger partial charge in [0, 0.05) is 28.0 Å². The molecule has 2 nitrogen and oxygen atoms in total. The van der Waals surface area contributed by atoms with Crippen LogP contribution in [-0.4, -0.2) is 0 Å². The van der Waals surface area contributed by atoms with Crippen molar-refractivity contribution in [3.8, 4) is 67.0 Å². The molecule has 0 saturated carbocycles. The van der Waals surface area contributed by atoms with Crippen LogP contribution in [0.4, 0.5) is 17.1 Å². The molecule has 0 saturated heterocycles. The summed E-state index contributed by atoms with van der Waals surface area (Å²) < 4.78 is 6.34. The summed E-state index contributed by atoms with van der Waals surface area (Å²) in [5.74, 6) is 0.847. The number of para-hydroxylation sites is 1. The van der Waals surface area contributed by atoms with Crippen molar-refractivity contribution >= 4 is 28.0 Å². The summed E-state index contributed by atoms with van der Waals surface area (Å²) in [7, 11) is 0. The Labute approximate surface area is 339 Å². The van der Waals surface area contributed by atoms with Crippen LogP contribution >= 0.6 is 0 Å². The van der Waals surface area contributed by atoms with Crippen molar-refractivity contribution in [2.45, 2.75) is 0 Å². The maximum absolute atomic E-state index is 6.34. The summed E-state index contributed by atoms with van der Waals surface area (Å²) in [5.41, 5.74) is 17.0. The van der Waals surface area contributed by atoms with E-state index in [-0.39, 0.29) is 0 Å². The first-order valence-corrected chi connectivity index (χ1v) is 19.7. The Kier molecular flexibility index (Phi) is 9.27. The maximum Gasteiger partial charge on any atom is 0.135 e. The predicted molar refractivity (Wildman–Crippen MR) is 244 cm³/mol. The molecule has 0 N–H and O–H groups in total. The minimum Gasteiger partial charge on any atom is -0.456 e. The lowest BCUT2D eigenvalue weighted by atomic mass is 9.89. The van der Waals surface area contributed by atoms with Crippen molar-refractivity contribution < 1.29 is 4.42 Å². The summed E-state index contributed by atoms with van der Waals surface area (Å²) in [6, 6.07) is 84.2. The van der Waals surface area contributed by atoms with Crippen molar-refractivity contribution in [3.63, 3.8) is 0 Å². The van der Waals surface area contributed by atoms with Crippen molar-refractivity contribution in [1.29, 1.82) is 0 Å². The first-order chi connectivity index (χ1) is 28.7. The van der Waals surface area contributed by atoms with E-state index in [0.717, 1.165) is 44.9 Å². The Hall–Kier alpha value is -7.68. The predicted octanol–water partition coefficient (Wildman–Crippen LogP) is 15.9. The molecule has 0 unspecified atom stereocenters. The van der Waals surface area contributed by atoms with Crippen LogP contribution in [0.15, 0.2) is 241 Å². The number of anilines is 3. The second kappa shape index (κ2) is 15.5. The Morgan fingerprint density at radius 3 is 1.33 bits per heavy atom. The highest BCUT2D eigenvalue weighted by Gasteiger charge is 2.17. The smallest absolute Gasteiger partial charge is 0.135 e. The van der Waals surface area contributed by atoms with E-state index < -0.39 is 0 Å². The van der Waals surface area contributed by atoms with Crippen molar-refractivity contribution in [1.82, 2.24) is 0 Å². The quantitative estimate of drug-likeness (QED) is 0.146. The van der Waals surface area contributed by atoms with E-state index in [4.69, 9.17) is 4.42 Å². The minimum atomic E-state index is 0.847. The molecule has 10 aromatic rings.